The van der Waals surface area contributed by atoms with Gasteiger partial charge < -0.3 is 4.90 Å². The summed E-state index contributed by atoms with van der Waals surface area (Å²) in [6.07, 6.45) is 0.452. The zero-order valence-corrected chi connectivity index (χ0v) is 15.0. The lowest BCUT2D eigenvalue weighted by atomic mass is 10.2. The number of amides is 1. The minimum atomic E-state index is -3.06. The molecule has 1 aliphatic heterocycles. The Morgan fingerprint density at radius 1 is 1.33 bits per heavy atom. The lowest BCUT2D eigenvalue weighted by Crippen LogP contribution is -2.38. The lowest BCUT2D eigenvalue weighted by molar-refractivity contribution is 0.0747. The molecule has 0 radical (unpaired) electrons. The number of sulfone groups is 1. The van der Waals surface area contributed by atoms with Crippen LogP contribution in [0.1, 0.15) is 22.5 Å². The van der Waals surface area contributed by atoms with Gasteiger partial charge in [0.1, 0.15) is 5.15 Å². The molecule has 0 spiro atoms. The van der Waals surface area contributed by atoms with Crippen molar-refractivity contribution in [1.82, 2.24) is 14.7 Å². The van der Waals surface area contributed by atoms with Crippen molar-refractivity contribution in [3.8, 4) is 5.69 Å². The first-order valence-electron chi connectivity index (χ1n) is 7.58. The second kappa shape index (κ2) is 6.22. The van der Waals surface area contributed by atoms with Crippen LogP contribution >= 0.6 is 11.6 Å². The van der Waals surface area contributed by atoms with E-state index in [1.807, 2.05) is 30.3 Å². The molecule has 0 N–H and O–H groups in total. The van der Waals surface area contributed by atoms with Crippen molar-refractivity contribution in [3.05, 3.63) is 46.7 Å². The van der Waals surface area contributed by atoms with Gasteiger partial charge in [0.25, 0.3) is 5.91 Å². The van der Waals surface area contributed by atoms with E-state index in [1.54, 1.807) is 14.0 Å². The van der Waals surface area contributed by atoms with E-state index in [4.69, 9.17) is 11.6 Å². The summed E-state index contributed by atoms with van der Waals surface area (Å²) < 4.78 is 24.8. The molecule has 6 nitrogen and oxygen atoms in total. The Bertz CT molecular complexity index is 877. The average molecular weight is 368 g/mol. The first kappa shape index (κ1) is 17.0. The number of aromatic nitrogens is 2. The van der Waals surface area contributed by atoms with E-state index >= 15 is 0 Å². The smallest absolute Gasteiger partial charge is 0.258 e. The highest BCUT2D eigenvalue weighted by Gasteiger charge is 2.35. The summed E-state index contributed by atoms with van der Waals surface area (Å²) in [5.74, 6) is -0.189. The number of carbonyl (C=O) groups excluding carboxylic acids is 1. The number of benzene rings is 1. The molecule has 1 atom stereocenters. The Hall–Kier alpha value is -1.86. The Morgan fingerprint density at radius 3 is 2.58 bits per heavy atom. The Morgan fingerprint density at radius 2 is 2.00 bits per heavy atom. The maximum absolute atomic E-state index is 12.8. The second-order valence-electron chi connectivity index (χ2n) is 5.97. The van der Waals surface area contributed by atoms with Crippen LogP contribution in [0.4, 0.5) is 0 Å². The van der Waals surface area contributed by atoms with Crippen LogP contribution in [0.3, 0.4) is 0 Å². The van der Waals surface area contributed by atoms with Gasteiger partial charge >= 0.3 is 0 Å². The maximum atomic E-state index is 12.8. The van der Waals surface area contributed by atoms with Gasteiger partial charge in [-0.25, -0.2) is 13.1 Å². The summed E-state index contributed by atoms with van der Waals surface area (Å²) in [6.45, 7) is 1.72. The molecule has 1 saturated heterocycles. The van der Waals surface area contributed by atoms with Crippen molar-refractivity contribution in [2.24, 2.45) is 0 Å². The first-order chi connectivity index (χ1) is 11.3. The number of carbonyl (C=O) groups is 1. The second-order valence-corrected chi connectivity index (χ2v) is 8.56. The van der Waals surface area contributed by atoms with Crippen molar-refractivity contribution >= 4 is 27.3 Å². The molecule has 1 aromatic heterocycles. The number of para-hydroxylation sites is 1. The third-order valence-corrected chi connectivity index (χ3v) is 6.39. The summed E-state index contributed by atoms with van der Waals surface area (Å²) >= 11 is 6.40. The van der Waals surface area contributed by atoms with E-state index < -0.39 is 9.84 Å². The number of hydrogen-bond acceptors (Lipinski definition) is 4. The van der Waals surface area contributed by atoms with Crippen LogP contribution in [-0.4, -0.2) is 53.6 Å². The quantitative estimate of drug-likeness (QED) is 0.832. The molecule has 1 aromatic carbocycles. The molecular weight excluding hydrogens is 350 g/mol. The predicted octanol–water partition coefficient (Wildman–Crippen LogP) is 2.09. The molecule has 0 aliphatic carbocycles. The molecule has 24 heavy (non-hydrogen) atoms. The van der Waals surface area contributed by atoms with Gasteiger partial charge in [-0.05, 0) is 25.5 Å². The maximum Gasteiger partial charge on any atom is 0.258 e. The third-order valence-electron chi connectivity index (χ3n) is 4.30. The molecular formula is C16H18ClN3O3S. The van der Waals surface area contributed by atoms with Crippen molar-refractivity contribution in [1.29, 1.82) is 0 Å². The van der Waals surface area contributed by atoms with Crippen LogP contribution < -0.4 is 0 Å². The summed E-state index contributed by atoms with van der Waals surface area (Å²) in [6, 6.07) is 8.98. The fourth-order valence-electron chi connectivity index (χ4n) is 2.91. The van der Waals surface area contributed by atoms with Crippen LogP contribution in [0.2, 0.25) is 5.15 Å². The van der Waals surface area contributed by atoms with E-state index in [-0.39, 0.29) is 28.6 Å². The molecule has 2 aromatic rings. The normalized spacial score (nSPS) is 19.4. The summed E-state index contributed by atoms with van der Waals surface area (Å²) in [4.78, 5) is 14.3. The number of nitrogens with zero attached hydrogens (tertiary/aromatic N) is 3. The van der Waals surface area contributed by atoms with Gasteiger partial charge in [-0.2, -0.15) is 5.10 Å². The molecule has 3 rings (SSSR count). The topological polar surface area (TPSA) is 72.3 Å². The van der Waals surface area contributed by atoms with Crippen molar-refractivity contribution in [3.63, 3.8) is 0 Å². The van der Waals surface area contributed by atoms with Crippen LogP contribution in [-0.2, 0) is 9.84 Å². The molecule has 0 bridgehead atoms. The van der Waals surface area contributed by atoms with Crippen LogP contribution in [0.5, 0.6) is 0 Å². The number of hydrogen-bond donors (Lipinski definition) is 0. The van der Waals surface area contributed by atoms with Gasteiger partial charge in [-0.15, -0.1) is 0 Å². The van der Waals surface area contributed by atoms with Gasteiger partial charge in [0, 0.05) is 13.1 Å². The van der Waals surface area contributed by atoms with Gasteiger partial charge in [0.15, 0.2) is 9.84 Å². The highest BCUT2D eigenvalue weighted by Crippen LogP contribution is 2.26. The Labute approximate surface area is 145 Å². The largest absolute Gasteiger partial charge is 0.338 e. The number of halogens is 1. The van der Waals surface area contributed by atoms with Crippen molar-refractivity contribution in [2.45, 2.75) is 19.4 Å². The minimum Gasteiger partial charge on any atom is -0.338 e. The molecule has 1 fully saturated rings. The third kappa shape index (κ3) is 3.06. The van der Waals surface area contributed by atoms with Crippen LogP contribution in [0.25, 0.3) is 5.69 Å². The van der Waals surface area contributed by atoms with E-state index in [0.717, 1.165) is 5.69 Å². The van der Waals surface area contributed by atoms with Crippen molar-refractivity contribution < 1.29 is 13.2 Å². The molecule has 2 heterocycles. The monoisotopic (exact) mass is 367 g/mol. The number of rotatable bonds is 3. The summed E-state index contributed by atoms with van der Waals surface area (Å²) in [5.41, 5.74) is 1.59. The van der Waals surface area contributed by atoms with E-state index in [1.165, 1.54) is 9.58 Å². The number of aryl methyl sites for hydroxylation is 1. The highest BCUT2D eigenvalue weighted by molar-refractivity contribution is 7.91. The molecule has 0 saturated carbocycles. The molecule has 1 aliphatic rings. The average Bonchev–Trinajstić information content (AvgIpc) is 3.06. The van der Waals surface area contributed by atoms with Crippen LogP contribution in [0, 0.1) is 6.92 Å². The standard InChI is InChI=1S/C16H18ClN3O3S/c1-11-14(15(17)20(18-11)12-6-4-3-5-7-12)16(21)19(2)13-8-9-24(22,23)10-13/h3-7,13H,8-10H2,1-2H3. The summed E-state index contributed by atoms with van der Waals surface area (Å²) in [5, 5.41) is 4.59. The van der Waals surface area contributed by atoms with Gasteiger partial charge in [-0.3, -0.25) is 4.79 Å². The lowest BCUT2D eigenvalue weighted by Gasteiger charge is -2.23. The predicted molar refractivity (Wildman–Crippen MR) is 92.5 cm³/mol. The molecule has 128 valence electrons. The molecule has 1 amide bonds. The summed E-state index contributed by atoms with van der Waals surface area (Å²) in [7, 11) is -1.45. The van der Waals surface area contributed by atoms with E-state index in [0.29, 0.717) is 17.7 Å². The zero-order valence-electron chi connectivity index (χ0n) is 13.4. The Kier molecular flexibility index (Phi) is 4.40. The van der Waals surface area contributed by atoms with E-state index in [2.05, 4.69) is 5.10 Å². The van der Waals surface area contributed by atoms with E-state index in [9.17, 15) is 13.2 Å². The molecule has 1 unspecified atom stereocenters. The van der Waals surface area contributed by atoms with Crippen molar-refractivity contribution in [2.75, 3.05) is 18.6 Å². The molecule has 8 heteroatoms. The SMILES string of the molecule is Cc1nn(-c2ccccc2)c(Cl)c1C(=O)N(C)C1CCS(=O)(=O)C1. The minimum absolute atomic E-state index is 0.00126. The van der Waals surface area contributed by atoms with Crippen LogP contribution in [0.15, 0.2) is 30.3 Å². The fraction of sp³-hybridized carbons (Fsp3) is 0.375. The first-order valence-corrected chi connectivity index (χ1v) is 9.78. The highest BCUT2D eigenvalue weighted by atomic mass is 35.5. The Balaban J connectivity index is 1.92. The van der Waals surface area contributed by atoms with Gasteiger partial charge in [0.2, 0.25) is 0 Å². The fourth-order valence-corrected chi connectivity index (χ4v) is 5.03. The van der Waals surface area contributed by atoms with Gasteiger partial charge in [-0.1, -0.05) is 29.8 Å². The zero-order chi connectivity index (χ0) is 17.5. The van der Waals surface area contributed by atoms with Gasteiger partial charge in [0.05, 0.1) is 28.5 Å².